The van der Waals surface area contributed by atoms with Gasteiger partial charge in [-0.05, 0) is 47.9 Å². The van der Waals surface area contributed by atoms with E-state index in [9.17, 15) is 18.0 Å². The highest BCUT2D eigenvalue weighted by molar-refractivity contribution is 6.32. The zero-order chi connectivity index (χ0) is 27.6. The number of Topliss-reactive ketones (excluding diaryl/α,β-unsaturated/α-hetero) is 1. The van der Waals surface area contributed by atoms with E-state index in [0.717, 1.165) is 0 Å². The molecule has 1 atom stereocenters. The second-order valence-corrected chi connectivity index (χ2v) is 9.57. The highest BCUT2D eigenvalue weighted by Crippen LogP contribution is 2.37. The van der Waals surface area contributed by atoms with Crippen molar-refractivity contribution in [2.45, 2.75) is 57.5 Å². The third-order valence-corrected chi connectivity index (χ3v) is 6.53. The van der Waals surface area contributed by atoms with Crippen LogP contribution in [0.4, 0.5) is 24.8 Å². The van der Waals surface area contributed by atoms with Gasteiger partial charge in [-0.2, -0.15) is 18.3 Å². The molecule has 15 heteroatoms. The fourth-order valence-electron chi connectivity index (χ4n) is 4.29. The van der Waals surface area contributed by atoms with Gasteiger partial charge in [-0.1, -0.05) is 17.7 Å². The maximum absolute atomic E-state index is 13.7. The molecule has 204 valence electrons. The molecule has 1 aromatic carbocycles. The lowest BCUT2D eigenvalue weighted by Gasteiger charge is -2.21. The van der Waals surface area contributed by atoms with E-state index in [0.29, 0.717) is 54.1 Å². The first-order valence-corrected chi connectivity index (χ1v) is 12.5. The second-order valence-electron chi connectivity index (χ2n) is 9.16. The number of nitrogens with zero attached hydrogens (tertiary/aromatic N) is 8. The van der Waals surface area contributed by atoms with Crippen molar-refractivity contribution in [1.29, 1.82) is 0 Å². The summed E-state index contributed by atoms with van der Waals surface area (Å²) < 4.78 is 49.9. The van der Waals surface area contributed by atoms with Crippen molar-refractivity contribution in [3.8, 4) is 16.9 Å². The molecule has 11 nitrogen and oxygen atoms in total. The first-order valence-electron chi connectivity index (χ1n) is 12.1. The predicted molar refractivity (Wildman–Crippen MR) is 133 cm³/mol. The SMILES string of the molecule is CC(Cn1cnnn1)Oc1cc(-c2cnc(Nc3cn(C4CCC(=O)CC4)nc3C(F)(F)F)nc2)ccc1Cl. The lowest BCUT2D eigenvalue weighted by Crippen LogP contribution is -2.20. The number of nitrogens with one attached hydrogen (secondary N) is 1. The molecule has 0 bridgehead atoms. The summed E-state index contributed by atoms with van der Waals surface area (Å²) in [5, 5.41) is 17.8. The Morgan fingerprint density at radius 2 is 1.92 bits per heavy atom. The summed E-state index contributed by atoms with van der Waals surface area (Å²) in [7, 11) is 0. The molecule has 0 saturated heterocycles. The van der Waals surface area contributed by atoms with Gasteiger partial charge in [0, 0.05) is 37.0 Å². The lowest BCUT2D eigenvalue weighted by molar-refractivity contribution is -0.141. The summed E-state index contributed by atoms with van der Waals surface area (Å²) >= 11 is 6.31. The minimum atomic E-state index is -4.68. The number of carbonyl (C=O) groups excluding carboxylic acids is 1. The summed E-state index contributed by atoms with van der Waals surface area (Å²) in [4.78, 5) is 19.9. The molecule has 1 aliphatic rings. The van der Waals surface area contributed by atoms with E-state index < -0.39 is 11.9 Å². The number of hydrogen-bond donors (Lipinski definition) is 1. The fraction of sp³-hybridized carbons (Fsp3) is 0.375. The number of anilines is 2. The smallest absolute Gasteiger partial charge is 0.437 e. The van der Waals surface area contributed by atoms with Crippen LogP contribution >= 0.6 is 11.6 Å². The number of hydrogen-bond acceptors (Lipinski definition) is 9. The van der Waals surface area contributed by atoms with Crippen molar-refractivity contribution in [3.05, 3.63) is 53.8 Å². The summed E-state index contributed by atoms with van der Waals surface area (Å²) in [5.41, 5.74) is -0.0201. The molecule has 1 aliphatic carbocycles. The number of rotatable bonds is 8. The molecule has 0 aliphatic heterocycles. The molecule has 1 saturated carbocycles. The number of halogens is 4. The van der Waals surface area contributed by atoms with E-state index in [1.165, 1.54) is 34.3 Å². The topological polar surface area (TPSA) is 126 Å². The standard InChI is InChI=1S/C24H23ClF3N9O2/c1-14(11-36-13-31-34-35-36)39-21-8-15(2-7-19(21)25)16-9-29-23(30-10-16)32-20-12-37(33-22(20)24(26,27)28)17-3-5-18(38)6-4-17/h2,7-10,12-14,17H,3-6,11H2,1H3,(H,29,30,32). The molecule has 5 rings (SSSR count). The lowest BCUT2D eigenvalue weighted by atomic mass is 9.95. The maximum Gasteiger partial charge on any atom is 0.437 e. The van der Waals surface area contributed by atoms with Gasteiger partial charge in [-0.25, -0.2) is 14.6 Å². The van der Waals surface area contributed by atoms with Gasteiger partial charge in [0.1, 0.15) is 24.0 Å². The number of aromatic nitrogens is 8. The summed E-state index contributed by atoms with van der Waals surface area (Å²) in [5.74, 6) is 0.520. The van der Waals surface area contributed by atoms with Crippen molar-refractivity contribution >= 4 is 29.0 Å². The van der Waals surface area contributed by atoms with Crippen LogP contribution in [0, 0.1) is 0 Å². The van der Waals surface area contributed by atoms with Crippen LogP contribution in [0.25, 0.3) is 11.1 Å². The van der Waals surface area contributed by atoms with Crippen LogP contribution in [-0.4, -0.2) is 51.8 Å². The van der Waals surface area contributed by atoms with E-state index in [1.54, 1.807) is 18.2 Å². The number of carbonyl (C=O) groups is 1. The Morgan fingerprint density at radius 1 is 1.18 bits per heavy atom. The van der Waals surface area contributed by atoms with Crippen LogP contribution in [0.15, 0.2) is 43.1 Å². The van der Waals surface area contributed by atoms with Gasteiger partial charge in [0.2, 0.25) is 5.95 Å². The monoisotopic (exact) mass is 561 g/mol. The van der Waals surface area contributed by atoms with Crippen LogP contribution in [0.3, 0.4) is 0 Å². The van der Waals surface area contributed by atoms with Gasteiger partial charge in [0.15, 0.2) is 5.69 Å². The van der Waals surface area contributed by atoms with Crippen molar-refractivity contribution in [3.63, 3.8) is 0 Å². The Hall–Kier alpha value is -4.07. The molecule has 3 aromatic heterocycles. The number of alkyl halides is 3. The van der Waals surface area contributed by atoms with Crippen LogP contribution in [-0.2, 0) is 17.5 Å². The van der Waals surface area contributed by atoms with Gasteiger partial charge in [-0.3, -0.25) is 9.48 Å². The zero-order valence-electron chi connectivity index (χ0n) is 20.6. The highest BCUT2D eigenvalue weighted by atomic mass is 35.5. The first-order chi connectivity index (χ1) is 18.7. The summed E-state index contributed by atoms with van der Waals surface area (Å²) in [6.45, 7) is 2.26. The van der Waals surface area contributed by atoms with Crippen molar-refractivity contribution < 1.29 is 22.7 Å². The average Bonchev–Trinajstić information content (AvgIpc) is 3.56. The van der Waals surface area contributed by atoms with Crippen LogP contribution in [0.1, 0.15) is 44.3 Å². The van der Waals surface area contributed by atoms with Gasteiger partial charge < -0.3 is 10.1 Å². The average molecular weight is 562 g/mol. The molecule has 1 N–H and O–H groups in total. The minimum Gasteiger partial charge on any atom is -0.487 e. The molecular formula is C24H23ClF3N9O2. The molecule has 3 heterocycles. The van der Waals surface area contributed by atoms with Crippen LogP contribution in [0.2, 0.25) is 5.02 Å². The molecular weight excluding hydrogens is 539 g/mol. The molecule has 1 unspecified atom stereocenters. The van der Waals surface area contributed by atoms with Crippen molar-refractivity contribution in [1.82, 2.24) is 40.0 Å². The van der Waals surface area contributed by atoms with Crippen LogP contribution < -0.4 is 10.1 Å². The van der Waals surface area contributed by atoms with E-state index in [1.807, 2.05) is 6.92 Å². The minimum absolute atomic E-state index is 0.0249. The van der Waals surface area contributed by atoms with E-state index in [-0.39, 0.29) is 29.6 Å². The number of benzene rings is 1. The molecule has 0 amide bonds. The normalized spacial score (nSPS) is 15.4. The van der Waals surface area contributed by atoms with Gasteiger partial charge in [-0.15, -0.1) is 5.10 Å². The largest absolute Gasteiger partial charge is 0.487 e. The van der Waals surface area contributed by atoms with Crippen molar-refractivity contribution in [2.75, 3.05) is 5.32 Å². The van der Waals surface area contributed by atoms with Crippen molar-refractivity contribution in [2.24, 2.45) is 0 Å². The van der Waals surface area contributed by atoms with E-state index in [4.69, 9.17) is 16.3 Å². The van der Waals surface area contributed by atoms with E-state index >= 15 is 0 Å². The Morgan fingerprint density at radius 3 is 2.59 bits per heavy atom. The molecule has 0 radical (unpaired) electrons. The quantitative estimate of drug-likeness (QED) is 0.320. The first kappa shape index (κ1) is 26.5. The number of ether oxygens (including phenoxy) is 1. The van der Waals surface area contributed by atoms with Crippen LogP contribution in [0.5, 0.6) is 5.75 Å². The van der Waals surface area contributed by atoms with E-state index in [2.05, 4.69) is 35.9 Å². The molecule has 39 heavy (non-hydrogen) atoms. The van der Waals surface area contributed by atoms with Gasteiger partial charge in [0.25, 0.3) is 0 Å². The fourth-order valence-corrected chi connectivity index (χ4v) is 4.45. The zero-order valence-corrected chi connectivity index (χ0v) is 21.4. The Balaban J connectivity index is 1.31. The third-order valence-electron chi connectivity index (χ3n) is 6.21. The number of ketones is 1. The molecule has 0 spiro atoms. The Bertz CT molecular complexity index is 1430. The predicted octanol–water partition coefficient (Wildman–Crippen LogP) is 4.89. The van der Waals surface area contributed by atoms with Gasteiger partial charge in [0.05, 0.1) is 23.3 Å². The summed E-state index contributed by atoms with van der Waals surface area (Å²) in [6.07, 6.45) is 2.32. The maximum atomic E-state index is 13.7. The number of tetrazole rings is 1. The summed E-state index contributed by atoms with van der Waals surface area (Å²) in [6, 6.07) is 4.88. The molecule has 4 aromatic rings. The second kappa shape index (κ2) is 11.0. The Kier molecular flexibility index (Phi) is 7.46. The Labute approximate surface area is 225 Å². The highest BCUT2D eigenvalue weighted by Gasteiger charge is 2.38. The van der Waals surface area contributed by atoms with Gasteiger partial charge >= 0.3 is 6.18 Å². The molecule has 1 fully saturated rings. The third kappa shape index (κ3) is 6.33.